The highest BCUT2D eigenvalue weighted by molar-refractivity contribution is 8.26. The Morgan fingerprint density at radius 3 is 2.81 bits per heavy atom. The lowest BCUT2D eigenvalue weighted by Gasteiger charge is -2.15. The summed E-state index contributed by atoms with van der Waals surface area (Å²) < 4.78 is 5.34. The highest BCUT2D eigenvalue weighted by Gasteiger charge is 2.34. The highest BCUT2D eigenvalue weighted by Crippen LogP contribution is 2.31. The summed E-state index contributed by atoms with van der Waals surface area (Å²) in [6.07, 6.45) is 4.60. The lowest BCUT2D eigenvalue weighted by atomic mass is 10.2. The monoisotopic (exact) mass is 396 g/mol. The molecule has 0 aliphatic carbocycles. The fraction of sp³-hybridized carbons (Fsp3) is 0.0556. The molecule has 1 N–H and O–H groups in total. The molecular weight excluding hydrogens is 384 g/mol. The second-order valence-corrected chi connectivity index (χ2v) is 7.31. The minimum atomic E-state index is -0.468. The van der Waals surface area contributed by atoms with E-state index in [1.807, 2.05) is 24.3 Å². The Labute approximate surface area is 163 Å². The summed E-state index contributed by atoms with van der Waals surface area (Å²) >= 11 is 6.31. The number of benzene rings is 1. The van der Waals surface area contributed by atoms with E-state index in [4.69, 9.17) is 16.6 Å². The predicted molar refractivity (Wildman–Crippen MR) is 105 cm³/mol. The first-order valence-corrected chi connectivity index (χ1v) is 9.10. The molecule has 1 saturated heterocycles. The lowest BCUT2D eigenvalue weighted by Crippen LogP contribution is -2.44. The predicted octanol–water partition coefficient (Wildman–Crippen LogP) is 3.08. The normalized spacial score (nSPS) is 15.7. The fourth-order valence-electron chi connectivity index (χ4n) is 2.52. The molecule has 0 unspecified atom stereocenters. The van der Waals surface area contributed by atoms with E-state index >= 15 is 0 Å². The van der Waals surface area contributed by atoms with Crippen LogP contribution in [0.15, 0.2) is 52.1 Å². The van der Waals surface area contributed by atoms with Crippen molar-refractivity contribution in [3.8, 4) is 0 Å². The number of furan rings is 1. The summed E-state index contributed by atoms with van der Waals surface area (Å²) in [7, 11) is 0. The molecule has 2 amide bonds. The van der Waals surface area contributed by atoms with Crippen molar-refractivity contribution < 1.29 is 14.0 Å². The molecule has 3 aromatic rings. The number of hydrogen-bond donors (Lipinski definition) is 1. The second kappa shape index (κ2) is 6.93. The second-order valence-electron chi connectivity index (χ2n) is 5.63. The van der Waals surface area contributed by atoms with Gasteiger partial charge in [0.1, 0.15) is 5.76 Å². The molecule has 0 bridgehead atoms. The summed E-state index contributed by atoms with van der Waals surface area (Å²) in [5.74, 6) is -0.432. The van der Waals surface area contributed by atoms with Gasteiger partial charge in [0.25, 0.3) is 11.8 Å². The number of amides is 2. The summed E-state index contributed by atoms with van der Waals surface area (Å²) in [5, 5.41) is 1.05. The van der Waals surface area contributed by atoms with E-state index in [-0.39, 0.29) is 4.32 Å². The van der Waals surface area contributed by atoms with Crippen LogP contribution in [-0.2, 0) is 4.79 Å². The van der Waals surface area contributed by atoms with Gasteiger partial charge in [-0.05, 0) is 43.4 Å². The molecular formula is C18H12N4O3S2. The van der Waals surface area contributed by atoms with Crippen LogP contribution in [0.4, 0.5) is 0 Å². The van der Waals surface area contributed by atoms with Crippen LogP contribution in [0.2, 0.25) is 0 Å². The van der Waals surface area contributed by atoms with Crippen molar-refractivity contribution >= 4 is 57.2 Å². The molecule has 9 heteroatoms. The number of nitrogens with one attached hydrogen (secondary N) is 1. The van der Waals surface area contributed by atoms with Gasteiger partial charge in [-0.15, -0.1) is 0 Å². The van der Waals surface area contributed by atoms with Crippen LogP contribution in [0.25, 0.3) is 17.1 Å². The maximum Gasteiger partial charge on any atom is 0.285 e. The molecule has 0 saturated carbocycles. The Balaban J connectivity index is 1.57. The van der Waals surface area contributed by atoms with Gasteiger partial charge >= 0.3 is 0 Å². The quantitative estimate of drug-likeness (QED) is 0.538. The van der Waals surface area contributed by atoms with Crippen molar-refractivity contribution in [2.75, 3.05) is 0 Å². The SMILES string of the molecule is Cc1occc1C(=O)NN1C(=O)/C(=C/c2cnc3ccccc3n2)SC1=S. The number of fused-ring (bicyclic) bond motifs is 1. The fourth-order valence-corrected chi connectivity index (χ4v) is 3.69. The zero-order chi connectivity index (χ0) is 19.0. The van der Waals surface area contributed by atoms with E-state index < -0.39 is 11.8 Å². The van der Waals surface area contributed by atoms with Crippen molar-refractivity contribution in [1.82, 2.24) is 20.4 Å². The first kappa shape index (κ1) is 17.4. The Hall–Kier alpha value is -3.04. The third-order valence-corrected chi connectivity index (χ3v) is 5.16. The van der Waals surface area contributed by atoms with E-state index in [1.54, 1.807) is 19.2 Å². The number of nitrogens with zero attached hydrogens (tertiary/aromatic N) is 3. The van der Waals surface area contributed by atoms with Gasteiger partial charge in [-0.2, -0.15) is 5.01 Å². The minimum Gasteiger partial charge on any atom is -0.469 e. The number of hydrazine groups is 1. The van der Waals surface area contributed by atoms with Gasteiger partial charge in [-0.1, -0.05) is 23.9 Å². The van der Waals surface area contributed by atoms with E-state index in [1.165, 1.54) is 12.3 Å². The van der Waals surface area contributed by atoms with Crippen molar-refractivity contribution in [3.05, 3.63) is 64.7 Å². The van der Waals surface area contributed by atoms with Crippen molar-refractivity contribution in [2.45, 2.75) is 6.92 Å². The van der Waals surface area contributed by atoms with Crippen LogP contribution in [-0.4, -0.2) is 31.1 Å². The largest absolute Gasteiger partial charge is 0.469 e. The molecule has 1 fully saturated rings. The van der Waals surface area contributed by atoms with Gasteiger partial charge in [-0.3, -0.25) is 20.0 Å². The maximum absolute atomic E-state index is 12.6. The maximum atomic E-state index is 12.6. The Morgan fingerprint density at radius 2 is 2.07 bits per heavy atom. The number of aryl methyl sites for hydroxylation is 1. The average Bonchev–Trinajstić information content (AvgIpc) is 3.20. The molecule has 3 heterocycles. The van der Waals surface area contributed by atoms with Gasteiger partial charge in [0.05, 0.1) is 39.7 Å². The number of para-hydroxylation sites is 2. The Morgan fingerprint density at radius 1 is 1.30 bits per heavy atom. The van der Waals surface area contributed by atoms with E-state index in [0.29, 0.717) is 21.9 Å². The topological polar surface area (TPSA) is 88.3 Å². The summed E-state index contributed by atoms with van der Waals surface area (Å²) in [6.45, 7) is 1.66. The molecule has 0 atom stereocenters. The summed E-state index contributed by atoms with van der Waals surface area (Å²) in [5.41, 5.74) is 4.88. The van der Waals surface area contributed by atoms with Crippen molar-refractivity contribution in [1.29, 1.82) is 0 Å². The number of aromatic nitrogens is 2. The minimum absolute atomic E-state index is 0.231. The number of carbonyl (C=O) groups excluding carboxylic acids is 2. The number of thiocarbonyl (C=S) groups is 1. The highest BCUT2D eigenvalue weighted by atomic mass is 32.2. The molecule has 4 rings (SSSR count). The zero-order valence-electron chi connectivity index (χ0n) is 14.0. The van der Waals surface area contributed by atoms with Crippen LogP contribution in [0.5, 0.6) is 0 Å². The Bertz CT molecular complexity index is 1120. The zero-order valence-corrected chi connectivity index (χ0v) is 15.6. The molecule has 1 aliphatic rings. The van der Waals surface area contributed by atoms with E-state index in [9.17, 15) is 9.59 Å². The van der Waals surface area contributed by atoms with Crippen LogP contribution in [0, 0.1) is 6.92 Å². The third-order valence-electron chi connectivity index (χ3n) is 3.86. The number of rotatable bonds is 3. The van der Waals surface area contributed by atoms with Crippen LogP contribution in [0.1, 0.15) is 21.8 Å². The van der Waals surface area contributed by atoms with Gasteiger partial charge in [0.15, 0.2) is 4.32 Å². The summed E-state index contributed by atoms with van der Waals surface area (Å²) in [4.78, 5) is 34.1. The Kier molecular flexibility index (Phi) is 4.46. The molecule has 1 aromatic carbocycles. The molecule has 2 aromatic heterocycles. The number of hydrogen-bond acceptors (Lipinski definition) is 7. The van der Waals surface area contributed by atoms with Gasteiger partial charge in [-0.25, -0.2) is 4.98 Å². The first-order chi connectivity index (χ1) is 13.0. The average molecular weight is 396 g/mol. The number of thioether (sulfide) groups is 1. The van der Waals surface area contributed by atoms with Gasteiger partial charge in [0.2, 0.25) is 0 Å². The van der Waals surface area contributed by atoms with Gasteiger partial charge < -0.3 is 4.42 Å². The van der Waals surface area contributed by atoms with Gasteiger partial charge in [0, 0.05) is 0 Å². The smallest absolute Gasteiger partial charge is 0.285 e. The van der Waals surface area contributed by atoms with Crippen LogP contribution >= 0.6 is 24.0 Å². The van der Waals surface area contributed by atoms with Crippen LogP contribution < -0.4 is 5.43 Å². The molecule has 134 valence electrons. The van der Waals surface area contributed by atoms with E-state index in [2.05, 4.69) is 15.4 Å². The summed E-state index contributed by atoms with van der Waals surface area (Å²) in [6, 6.07) is 8.99. The molecule has 1 aliphatic heterocycles. The molecule has 7 nitrogen and oxygen atoms in total. The van der Waals surface area contributed by atoms with Crippen molar-refractivity contribution in [2.24, 2.45) is 0 Å². The van der Waals surface area contributed by atoms with E-state index in [0.717, 1.165) is 27.8 Å². The molecule has 0 spiro atoms. The third kappa shape index (κ3) is 3.34. The standard InChI is InChI=1S/C18H12N4O3S2/c1-10-12(6-7-25-10)16(23)21-22-17(24)15(27-18(22)26)8-11-9-19-13-4-2-3-5-14(13)20-11/h2-9H,1H3,(H,21,23)/b15-8-. The van der Waals surface area contributed by atoms with Crippen LogP contribution in [0.3, 0.4) is 0 Å². The first-order valence-electron chi connectivity index (χ1n) is 7.88. The number of carbonyl (C=O) groups is 2. The molecule has 0 radical (unpaired) electrons. The van der Waals surface area contributed by atoms with Crippen molar-refractivity contribution in [3.63, 3.8) is 0 Å². The molecule has 27 heavy (non-hydrogen) atoms. The lowest BCUT2D eigenvalue weighted by molar-refractivity contribution is -0.123.